The smallest absolute Gasteiger partial charge is 0.417 e. The van der Waals surface area contributed by atoms with Gasteiger partial charge < -0.3 is 9.84 Å². The van der Waals surface area contributed by atoms with E-state index in [4.69, 9.17) is 4.74 Å². The van der Waals surface area contributed by atoms with Crippen LogP contribution >= 0.6 is 0 Å². The molecule has 0 fully saturated rings. The fraction of sp³-hybridized carbons (Fsp3) is 0.714. The highest BCUT2D eigenvalue weighted by molar-refractivity contribution is 6.01. The number of hydrogen-bond acceptors (Lipinski definition) is 4. The number of imide groups is 1. The maximum absolute atomic E-state index is 12.0. The largest absolute Gasteiger partial charge is 0.443 e. The Morgan fingerprint density at radius 1 is 1.32 bits per heavy atom. The molecular weight excluding hydrogens is 246 g/mol. The van der Waals surface area contributed by atoms with Gasteiger partial charge in [0.25, 0.3) is 5.91 Å². The third-order valence-corrected chi connectivity index (χ3v) is 2.77. The summed E-state index contributed by atoms with van der Waals surface area (Å²) in [5, 5.41) is 10.3. The zero-order valence-electron chi connectivity index (χ0n) is 12.4. The molecule has 2 atom stereocenters. The minimum absolute atomic E-state index is 0.445. The molecule has 1 aliphatic heterocycles. The summed E-state index contributed by atoms with van der Waals surface area (Å²) in [7, 11) is 0. The first-order valence-corrected chi connectivity index (χ1v) is 6.36. The van der Waals surface area contributed by atoms with E-state index in [-0.39, 0.29) is 0 Å². The third-order valence-electron chi connectivity index (χ3n) is 2.77. The van der Waals surface area contributed by atoms with Gasteiger partial charge in [0.05, 0.1) is 12.1 Å². The minimum Gasteiger partial charge on any atom is -0.443 e. The average Bonchev–Trinajstić information content (AvgIpc) is 2.54. The lowest BCUT2D eigenvalue weighted by atomic mass is 9.84. The summed E-state index contributed by atoms with van der Waals surface area (Å²) in [4.78, 5) is 24.8. The lowest BCUT2D eigenvalue weighted by Crippen LogP contribution is -2.51. The highest BCUT2D eigenvalue weighted by atomic mass is 16.6. The van der Waals surface area contributed by atoms with Crippen LogP contribution in [0, 0.1) is 5.41 Å². The number of carbonyl (C=O) groups excluding carboxylic acids is 2. The molecule has 0 radical (unpaired) electrons. The Bertz CT molecular complexity index is 401. The van der Waals surface area contributed by atoms with Crippen LogP contribution < -0.4 is 0 Å². The van der Waals surface area contributed by atoms with Crippen molar-refractivity contribution in [3.63, 3.8) is 0 Å². The van der Waals surface area contributed by atoms with Gasteiger partial charge in [0, 0.05) is 6.08 Å². The van der Waals surface area contributed by atoms with Crippen LogP contribution in [-0.2, 0) is 9.53 Å². The number of nitrogens with zero attached hydrogens (tertiary/aromatic N) is 1. The van der Waals surface area contributed by atoms with Gasteiger partial charge in [0.15, 0.2) is 0 Å². The fourth-order valence-electron chi connectivity index (χ4n) is 1.78. The van der Waals surface area contributed by atoms with Crippen molar-refractivity contribution < 1.29 is 19.4 Å². The second kappa shape index (κ2) is 4.96. The van der Waals surface area contributed by atoms with Gasteiger partial charge in [-0.2, -0.15) is 0 Å². The van der Waals surface area contributed by atoms with E-state index in [1.54, 1.807) is 26.8 Å². The van der Waals surface area contributed by atoms with Gasteiger partial charge in [0.2, 0.25) is 0 Å². The average molecular weight is 269 g/mol. The van der Waals surface area contributed by atoms with E-state index in [2.05, 4.69) is 0 Å². The van der Waals surface area contributed by atoms with Crippen LogP contribution in [0.3, 0.4) is 0 Å². The first kappa shape index (κ1) is 15.7. The highest BCUT2D eigenvalue weighted by Gasteiger charge is 2.42. The van der Waals surface area contributed by atoms with Crippen molar-refractivity contribution in [2.45, 2.75) is 59.3 Å². The van der Waals surface area contributed by atoms with Crippen LogP contribution in [0.4, 0.5) is 4.79 Å². The molecule has 0 spiro atoms. The van der Waals surface area contributed by atoms with Crippen molar-refractivity contribution in [3.05, 3.63) is 12.2 Å². The first-order valence-electron chi connectivity index (χ1n) is 6.36. The van der Waals surface area contributed by atoms with Crippen molar-refractivity contribution in [2.75, 3.05) is 0 Å². The predicted octanol–water partition coefficient (Wildman–Crippen LogP) is 2.10. The van der Waals surface area contributed by atoms with Gasteiger partial charge in [-0.05, 0) is 26.2 Å². The molecule has 0 aromatic rings. The molecule has 1 rings (SSSR count). The van der Waals surface area contributed by atoms with E-state index in [1.807, 2.05) is 20.8 Å². The van der Waals surface area contributed by atoms with E-state index in [9.17, 15) is 14.7 Å². The quantitative estimate of drug-likeness (QED) is 0.791. The SMILES string of the molecule is CC(C)(C)OC(=O)N1C(=O)C=C[C@H]1[C@@H](O)C(C)(C)C. The number of ether oxygens (including phenoxy) is 1. The Kier molecular flexibility index (Phi) is 4.10. The Labute approximate surface area is 114 Å². The number of aliphatic hydroxyl groups is 1. The van der Waals surface area contributed by atoms with Gasteiger partial charge in [-0.3, -0.25) is 4.79 Å². The summed E-state index contributed by atoms with van der Waals surface area (Å²) >= 11 is 0. The van der Waals surface area contributed by atoms with Crippen molar-refractivity contribution in [3.8, 4) is 0 Å². The van der Waals surface area contributed by atoms with Crippen molar-refractivity contribution in [1.29, 1.82) is 0 Å². The lowest BCUT2D eigenvalue weighted by Gasteiger charge is -2.35. The van der Waals surface area contributed by atoms with Crippen LogP contribution in [-0.4, -0.2) is 39.8 Å². The van der Waals surface area contributed by atoms with Crippen LogP contribution in [0.5, 0.6) is 0 Å². The van der Waals surface area contributed by atoms with Gasteiger partial charge in [-0.25, -0.2) is 9.69 Å². The van der Waals surface area contributed by atoms with Crippen LogP contribution in [0.25, 0.3) is 0 Å². The molecule has 5 heteroatoms. The van der Waals surface area contributed by atoms with Gasteiger partial charge in [-0.15, -0.1) is 0 Å². The number of amides is 2. The number of carbonyl (C=O) groups is 2. The van der Waals surface area contributed by atoms with Crippen LogP contribution in [0.15, 0.2) is 12.2 Å². The number of aliphatic hydroxyl groups excluding tert-OH is 1. The molecule has 0 saturated carbocycles. The molecule has 19 heavy (non-hydrogen) atoms. The standard InChI is InChI=1S/C14H23NO4/c1-13(2,3)11(17)9-7-8-10(16)15(9)12(18)19-14(4,5)6/h7-9,11,17H,1-6H3/t9-,11+/m0/s1. The van der Waals surface area contributed by atoms with E-state index >= 15 is 0 Å². The molecule has 1 heterocycles. The molecule has 108 valence electrons. The van der Waals surface area contributed by atoms with Crippen molar-refractivity contribution in [2.24, 2.45) is 5.41 Å². The molecular formula is C14H23NO4. The second-order valence-corrected chi connectivity index (χ2v) is 6.85. The Morgan fingerprint density at radius 2 is 1.84 bits per heavy atom. The van der Waals surface area contributed by atoms with Gasteiger partial charge >= 0.3 is 6.09 Å². The Hall–Kier alpha value is -1.36. The van der Waals surface area contributed by atoms with E-state index in [0.717, 1.165) is 4.90 Å². The molecule has 1 aliphatic rings. The summed E-state index contributed by atoms with van der Waals surface area (Å²) < 4.78 is 5.20. The Balaban J connectivity index is 2.92. The number of hydrogen-bond donors (Lipinski definition) is 1. The predicted molar refractivity (Wildman–Crippen MR) is 71.5 cm³/mol. The van der Waals surface area contributed by atoms with E-state index in [0.29, 0.717) is 0 Å². The van der Waals surface area contributed by atoms with Gasteiger partial charge in [-0.1, -0.05) is 26.8 Å². The van der Waals surface area contributed by atoms with E-state index in [1.165, 1.54) is 6.08 Å². The van der Waals surface area contributed by atoms with Crippen molar-refractivity contribution in [1.82, 2.24) is 4.90 Å². The minimum atomic E-state index is -0.845. The maximum atomic E-state index is 12.0. The summed E-state index contributed by atoms with van der Waals surface area (Å²) in [6.07, 6.45) is 1.27. The monoisotopic (exact) mass is 269 g/mol. The molecule has 0 aliphatic carbocycles. The summed E-state index contributed by atoms with van der Waals surface area (Å²) in [6, 6.07) is -0.678. The van der Waals surface area contributed by atoms with Crippen molar-refractivity contribution >= 4 is 12.0 Å². The molecule has 1 N–H and O–H groups in total. The summed E-state index contributed by atoms with van der Waals surface area (Å²) in [5.74, 6) is -0.456. The van der Waals surface area contributed by atoms with E-state index < -0.39 is 35.2 Å². The highest BCUT2D eigenvalue weighted by Crippen LogP contribution is 2.28. The molecule has 0 aromatic heterocycles. The fourth-order valence-corrected chi connectivity index (χ4v) is 1.78. The summed E-state index contributed by atoms with van der Waals surface area (Å²) in [5.41, 5.74) is -1.13. The molecule has 0 saturated heterocycles. The molecule has 2 amide bonds. The molecule has 0 unspecified atom stereocenters. The molecule has 5 nitrogen and oxygen atoms in total. The topological polar surface area (TPSA) is 66.8 Å². The lowest BCUT2D eigenvalue weighted by molar-refractivity contribution is -0.128. The van der Waals surface area contributed by atoms with Gasteiger partial charge in [0.1, 0.15) is 5.60 Å². The Morgan fingerprint density at radius 3 is 2.26 bits per heavy atom. The zero-order valence-corrected chi connectivity index (χ0v) is 12.4. The normalized spacial score (nSPS) is 21.7. The maximum Gasteiger partial charge on any atom is 0.417 e. The molecule has 0 bridgehead atoms. The zero-order chi connectivity index (χ0) is 15.0. The first-order chi connectivity index (χ1) is 8.43. The van der Waals surface area contributed by atoms with Crippen LogP contribution in [0.1, 0.15) is 41.5 Å². The van der Waals surface area contributed by atoms with Crippen LogP contribution in [0.2, 0.25) is 0 Å². The molecule has 0 aromatic carbocycles. The third kappa shape index (κ3) is 3.80. The summed E-state index contributed by atoms with van der Waals surface area (Å²) in [6.45, 7) is 10.7. The second-order valence-electron chi connectivity index (χ2n) is 6.85. The number of rotatable bonds is 1.